The minimum Gasteiger partial charge on any atom is -0.355 e. The number of pyridine rings is 1. The predicted octanol–water partition coefficient (Wildman–Crippen LogP) is 5.26. The van der Waals surface area contributed by atoms with Crippen LogP contribution in [0, 0.1) is 0 Å². The average molecular weight is 475 g/mol. The van der Waals surface area contributed by atoms with E-state index in [4.69, 9.17) is 0 Å². The Morgan fingerprint density at radius 2 is 2.09 bits per heavy atom. The molecule has 4 heterocycles. The second-order valence-corrected chi connectivity index (χ2v) is 9.45. The van der Waals surface area contributed by atoms with Gasteiger partial charge in [-0.1, -0.05) is 19.9 Å². The summed E-state index contributed by atoms with van der Waals surface area (Å²) >= 11 is 1.64. The number of aromatic amines is 1. The van der Waals surface area contributed by atoms with Gasteiger partial charge in [-0.3, -0.25) is 4.79 Å². The van der Waals surface area contributed by atoms with Crippen molar-refractivity contribution in [3.63, 3.8) is 0 Å². The van der Waals surface area contributed by atoms with Crippen LogP contribution in [0.1, 0.15) is 32.4 Å². The van der Waals surface area contributed by atoms with Crippen molar-refractivity contribution < 1.29 is 4.79 Å². The SMILES string of the molecule is CCN(CC)CCC(=O)N1CC=C(c2cc3c(Nc4ccc5ncsc5c4)ccnc3[nH]2)CC1. The summed E-state index contributed by atoms with van der Waals surface area (Å²) in [5.74, 6) is 0.241. The molecule has 0 saturated carbocycles. The average Bonchev–Trinajstić information content (AvgIpc) is 3.52. The summed E-state index contributed by atoms with van der Waals surface area (Å²) < 4.78 is 1.16. The third kappa shape index (κ3) is 4.69. The van der Waals surface area contributed by atoms with E-state index in [0.29, 0.717) is 13.0 Å². The topological polar surface area (TPSA) is 77.2 Å². The van der Waals surface area contributed by atoms with Gasteiger partial charge in [0.1, 0.15) is 5.65 Å². The van der Waals surface area contributed by atoms with Crippen molar-refractivity contribution in [1.29, 1.82) is 0 Å². The Kier molecular flexibility index (Phi) is 6.60. The van der Waals surface area contributed by atoms with Crippen LogP contribution in [0.5, 0.6) is 0 Å². The van der Waals surface area contributed by atoms with E-state index in [-0.39, 0.29) is 5.91 Å². The maximum Gasteiger partial charge on any atom is 0.224 e. The Balaban J connectivity index is 1.30. The van der Waals surface area contributed by atoms with Crippen molar-refractivity contribution in [2.75, 3.05) is 38.0 Å². The smallest absolute Gasteiger partial charge is 0.224 e. The molecule has 4 aromatic rings. The molecule has 1 aliphatic rings. The number of hydrogen-bond acceptors (Lipinski definition) is 6. The number of benzene rings is 1. The minimum absolute atomic E-state index is 0.241. The van der Waals surface area contributed by atoms with Gasteiger partial charge < -0.3 is 20.1 Å². The number of thiazole rings is 1. The maximum atomic E-state index is 12.6. The Morgan fingerprint density at radius 1 is 1.21 bits per heavy atom. The molecule has 0 spiro atoms. The van der Waals surface area contributed by atoms with E-state index in [1.54, 1.807) is 11.3 Å². The van der Waals surface area contributed by atoms with Crippen LogP contribution >= 0.6 is 11.3 Å². The predicted molar refractivity (Wildman–Crippen MR) is 141 cm³/mol. The van der Waals surface area contributed by atoms with E-state index in [1.165, 1.54) is 5.57 Å². The highest BCUT2D eigenvalue weighted by Gasteiger charge is 2.20. The summed E-state index contributed by atoms with van der Waals surface area (Å²) in [6, 6.07) is 10.4. The van der Waals surface area contributed by atoms with E-state index < -0.39 is 0 Å². The molecular formula is C26H30N6OS. The third-order valence-corrected chi connectivity index (χ3v) is 7.38. The van der Waals surface area contributed by atoms with Crippen LogP contribution in [0.2, 0.25) is 0 Å². The van der Waals surface area contributed by atoms with E-state index in [0.717, 1.165) is 70.9 Å². The van der Waals surface area contributed by atoms with Gasteiger partial charge >= 0.3 is 0 Å². The molecule has 176 valence electrons. The first kappa shape index (κ1) is 22.6. The molecule has 7 nitrogen and oxygen atoms in total. The van der Waals surface area contributed by atoms with Crippen molar-refractivity contribution in [1.82, 2.24) is 24.8 Å². The van der Waals surface area contributed by atoms with Crippen molar-refractivity contribution in [3.8, 4) is 0 Å². The fourth-order valence-corrected chi connectivity index (χ4v) is 5.21. The first-order valence-electron chi connectivity index (χ1n) is 11.9. The summed E-state index contributed by atoms with van der Waals surface area (Å²) in [6.07, 6.45) is 5.42. The number of nitrogens with one attached hydrogen (secondary N) is 2. The van der Waals surface area contributed by atoms with Gasteiger partial charge in [0.25, 0.3) is 0 Å². The normalized spacial score (nSPS) is 14.2. The fraction of sp³-hybridized carbons (Fsp3) is 0.346. The van der Waals surface area contributed by atoms with Crippen LogP contribution in [-0.4, -0.2) is 63.4 Å². The van der Waals surface area contributed by atoms with Crippen molar-refractivity contribution in [3.05, 3.63) is 53.8 Å². The number of fused-ring (bicyclic) bond motifs is 2. The minimum atomic E-state index is 0.241. The molecule has 1 aromatic carbocycles. The lowest BCUT2D eigenvalue weighted by molar-refractivity contribution is -0.131. The standard InChI is InChI=1S/C26H30N6OS/c1-3-31(4-2)12-10-25(33)32-13-8-18(9-14-32)23-16-20-21(7-11-27-26(20)30-23)29-19-5-6-22-24(15-19)34-17-28-22/h5-8,11,15-17H,3-4,9-10,12-14H2,1-2H3,(H2,27,29,30). The van der Waals surface area contributed by atoms with Crippen molar-refractivity contribution >= 4 is 55.4 Å². The zero-order chi connectivity index (χ0) is 23.5. The number of carbonyl (C=O) groups excluding carboxylic acids is 1. The van der Waals surface area contributed by atoms with E-state index in [1.807, 2.05) is 28.7 Å². The molecule has 1 amide bonds. The highest BCUT2D eigenvalue weighted by molar-refractivity contribution is 7.16. The zero-order valence-corrected chi connectivity index (χ0v) is 20.5. The third-order valence-electron chi connectivity index (χ3n) is 6.59. The Bertz CT molecular complexity index is 1340. The molecule has 8 heteroatoms. The molecule has 34 heavy (non-hydrogen) atoms. The van der Waals surface area contributed by atoms with Gasteiger partial charge in [-0.25, -0.2) is 9.97 Å². The van der Waals surface area contributed by atoms with Gasteiger partial charge in [0.05, 0.1) is 21.4 Å². The monoisotopic (exact) mass is 474 g/mol. The van der Waals surface area contributed by atoms with Gasteiger partial charge in [0, 0.05) is 49.0 Å². The first-order chi connectivity index (χ1) is 16.6. The first-order valence-corrected chi connectivity index (χ1v) is 12.8. The number of carbonyl (C=O) groups is 1. The zero-order valence-electron chi connectivity index (χ0n) is 19.7. The summed E-state index contributed by atoms with van der Waals surface area (Å²) in [7, 11) is 0. The van der Waals surface area contributed by atoms with Crippen LogP contribution in [0.15, 0.2) is 48.1 Å². The molecule has 0 fully saturated rings. The van der Waals surface area contributed by atoms with Crippen LogP contribution in [-0.2, 0) is 4.79 Å². The van der Waals surface area contributed by atoms with Crippen LogP contribution in [0.3, 0.4) is 0 Å². The molecule has 0 atom stereocenters. The summed E-state index contributed by atoms with van der Waals surface area (Å²) in [6.45, 7) is 8.50. The molecule has 3 aromatic heterocycles. The van der Waals surface area contributed by atoms with Gasteiger partial charge in [-0.15, -0.1) is 11.3 Å². The lowest BCUT2D eigenvalue weighted by Gasteiger charge is -2.27. The van der Waals surface area contributed by atoms with Crippen molar-refractivity contribution in [2.24, 2.45) is 0 Å². The number of rotatable bonds is 8. The lowest BCUT2D eigenvalue weighted by atomic mass is 10.0. The van der Waals surface area contributed by atoms with Crippen LogP contribution < -0.4 is 5.32 Å². The number of amides is 1. The molecule has 2 N–H and O–H groups in total. The fourth-order valence-electron chi connectivity index (χ4n) is 4.49. The molecule has 5 rings (SSSR count). The quantitative estimate of drug-likeness (QED) is 0.364. The van der Waals surface area contributed by atoms with Crippen LogP contribution in [0.4, 0.5) is 11.4 Å². The van der Waals surface area contributed by atoms with Gasteiger partial charge in [0.2, 0.25) is 5.91 Å². The van der Waals surface area contributed by atoms with E-state index >= 15 is 0 Å². The lowest BCUT2D eigenvalue weighted by Crippen LogP contribution is -2.37. The molecule has 1 aliphatic heterocycles. The largest absolute Gasteiger partial charge is 0.355 e. The summed E-state index contributed by atoms with van der Waals surface area (Å²) in [5.41, 5.74) is 8.10. The van der Waals surface area contributed by atoms with Gasteiger partial charge in [-0.05, 0) is 55.4 Å². The number of nitrogens with zero attached hydrogens (tertiary/aromatic N) is 4. The Hall–Kier alpha value is -3.23. The molecular weight excluding hydrogens is 444 g/mol. The van der Waals surface area contributed by atoms with Gasteiger partial charge in [-0.2, -0.15) is 0 Å². The molecule has 0 unspecified atom stereocenters. The van der Waals surface area contributed by atoms with Crippen molar-refractivity contribution in [2.45, 2.75) is 26.7 Å². The highest BCUT2D eigenvalue weighted by atomic mass is 32.1. The van der Waals surface area contributed by atoms with Crippen LogP contribution in [0.25, 0.3) is 26.8 Å². The second kappa shape index (κ2) is 9.95. The molecule has 0 aliphatic carbocycles. The number of H-pyrrole nitrogens is 1. The van der Waals surface area contributed by atoms with Gasteiger partial charge in [0.15, 0.2) is 0 Å². The number of anilines is 2. The molecule has 0 radical (unpaired) electrons. The second-order valence-electron chi connectivity index (χ2n) is 8.56. The molecule has 0 saturated heterocycles. The maximum absolute atomic E-state index is 12.6. The van der Waals surface area contributed by atoms with E-state index in [9.17, 15) is 4.79 Å². The number of aromatic nitrogens is 3. The number of hydrogen-bond donors (Lipinski definition) is 2. The summed E-state index contributed by atoms with van der Waals surface area (Å²) in [4.78, 5) is 29.3. The Labute approximate surface area is 203 Å². The highest BCUT2D eigenvalue weighted by Crippen LogP contribution is 2.31. The molecule has 0 bridgehead atoms. The van der Waals surface area contributed by atoms with E-state index in [2.05, 4.69) is 63.3 Å². The Morgan fingerprint density at radius 3 is 2.88 bits per heavy atom. The summed E-state index contributed by atoms with van der Waals surface area (Å²) in [5, 5.41) is 4.60.